The molecule has 0 amide bonds. The van der Waals surface area contributed by atoms with Crippen molar-refractivity contribution in [2.45, 2.75) is 27.7 Å². The number of carboxylic acid groups (broad SMARTS) is 2. The molecule has 0 fully saturated rings. The van der Waals surface area contributed by atoms with Crippen molar-refractivity contribution in [3.05, 3.63) is 0 Å². The molecule has 0 saturated carbocycles. The van der Waals surface area contributed by atoms with Gasteiger partial charge in [-0.05, 0) is 32.5 Å². The third kappa shape index (κ3) is 38.1. The number of likely N-dealkylation sites (N-methyl/N-ethyl adjacent to an activating group) is 1. The molecule has 0 saturated heterocycles. The van der Waals surface area contributed by atoms with Crippen molar-refractivity contribution in [2.75, 3.05) is 33.7 Å². The maximum atomic E-state index is 10.1. The minimum Gasteiger partial charge on any atom is -0.480 e. The van der Waals surface area contributed by atoms with E-state index in [1.165, 1.54) is 0 Å². The maximum Gasteiger partial charge on any atom is 0.368 e. The number of aldehydes is 1. The van der Waals surface area contributed by atoms with E-state index in [1.54, 1.807) is 4.90 Å². The van der Waals surface area contributed by atoms with E-state index in [0.717, 1.165) is 19.0 Å². The molecule has 0 spiro atoms. The van der Waals surface area contributed by atoms with E-state index < -0.39 is 11.9 Å². The highest BCUT2D eigenvalue weighted by Crippen LogP contribution is 1.94. The average molecular weight is 306 g/mol. The summed E-state index contributed by atoms with van der Waals surface area (Å²) in [4.78, 5) is 29.9. The van der Waals surface area contributed by atoms with Gasteiger partial charge in [0, 0.05) is 6.54 Å². The molecule has 3 N–H and O–H groups in total. The summed E-state index contributed by atoms with van der Waals surface area (Å²) in [6.45, 7) is 10.6. The number of carboxylic acids is 2. The lowest BCUT2D eigenvalue weighted by Gasteiger charge is -2.15. The number of nitrogens with zero attached hydrogens (tertiary/aromatic N) is 1. The Morgan fingerprint density at radius 2 is 1.57 bits per heavy atom. The minimum absolute atomic E-state index is 0.137. The van der Waals surface area contributed by atoms with Crippen molar-refractivity contribution < 1.29 is 24.6 Å². The number of aliphatic carboxylic acids is 2. The summed E-state index contributed by atoms with van der Waals surface area (Å²) in [5.74, 6) is -0.868. The normalized spacial score (nSPS) is 9.57. The van der Waals surface area contributed by atoms with Crippen molar-refractivity contribution in [3.8, 4) is 0 Å². The molecule has 0 aromatic heterocycles. The molecule has 7 nitrogen and oxygen atoms in total. The van der Waals surface area contributed by atoms with Gasteiger partial charge in [-0.25, -0.2) is 4.79 Å². The minimum atomic E-state index is -1.43. The third-order valence-corrected chi connectivity index (χ3v) is 1.80. The zero-order valence-corrected chi connectivity index (χ0v) is 13.9. The van der Waals surface area contributed by atoms with Gasteiger partial charge in [0.2, 0.25) is 6.29 Å². The van der Waals surface area contributed by atoms with E-state index in [1.807, 2.05) is 14.1 Å². The third-order valence-electron chi connectivity index (χ3n) is 1.80. The highest BCUT2D eigenvalue weighted by atomic mass is 16.4. The predicted molar refractivity (Wildman–Crippen MR) is 82.4 cm³/mol. The van der Waals surface area contributed by atoms with Crippen LogP contribution in [0.15, 0.2) is 0 Å². The average Bonchev–Trinajstić information content (AvgIpc) is 2.27. The van der Waals surface area contributed by atoms with Gasteiger partial charge in [0.1, 0.15) is 0 Å². The first-order valence-electron chi connectivity index (χ1n) is 6.79. The van der Waals surface area contributed by atoms with Crippen LogP contribution in [0.3, 0.4) is 0 Å². The van der Waals surface area contributed by atoms with Crippen LogP contribution in [-0.2, 0) is 14.4 Å². The van der Waals surface area contributed by atoms with Crippen LogP contribution >= 0.6 is 0 Å². The Labute approximate surface area is 127 Å². The Balaban J connectivity index is -0.000000252. The number of hydrogen-bond acceptors (Lipinski definition) is 5. The zero-order chi connectivity index (χ0) is 17.4. The highest BCUT2D eigenvalue weighted by molar-refractivity contribution is 6.19. The first-order valence-corrected chi connectivity index (χ1v) is 6.79. The number of rotatable bonds is 7. The second kappa shape index (κ2) is 16.6. The quantitative estimate of drug-likeness (QED) is 0.471. The monoisotopic (exact) mass is 306 g/mol. The lowest BCUT2D eigenvalue weighted by molar-refractivity contribution is -0.143. The first kappa shape index (κ1) is 24.5. The number of nitrogens with one attached hydrogen (secondary N) is 1. The number of hydrogen-bond donors (Lipinski definition) is 3. The summed E-state index contributed by atoms with van der Waals surface area (Å²) in [6, 6.07) is 0. The van der Waals surface area contributed by atoms with Crippen molar-refractivity contribution in [1.29, 1.82) is 0 Å². The standard InChI is InChI=1S/C7H15NO2.C5H13N.C2H2O3/c1-6(2)4-8(3)5-7(9)10;1-5(2)4-6-3;3-1-2(4)5/h6H,4-5H2,1-3H3,(H,9,10);5-6H,4H2,1-3H3;1H,(H,4,5). The van der Waals surface area contributed by atoms with Gasteiger partial charge in [0.05, 0.1) is 6.54 Å². The molecule has 0 aromatic carbocycles. The van der Waals surface area contributed by atoms with Gasteiger partial charge in [-0.2, -0.15) is 0 Å². The van der Waals surface area contributed by atoms with E-state index in [2.05, 4.69) is 33.0 Å². The predicted octanol–water partition coefficient (Wildman–Crippen LogP) is 0.791. The Bertz CT molecular complexity index is 281. The summed E-state index contributed by atoms with van der Waals surface area (Å²) < 4.78 is 0. The summed E-state index contributed by atoms with van der Waals surface area (Å²) in [5.41, 5.74) is 0. The van der Waals surface area contributed by atoms with Gasteiger partial charge in [-0.15, -0.1) is 0 Å². The molecule has 0 aliphatic carbocycles. The molecule has 7 heteroatoms. The summed E-state index contributed by atoms with van der Waals surface area (Å²) >= 11 is 0. The van der Waals surface area contributed by atoms with E-state index >= 15 is 0 Å². The molecule has 0 atom stereocenters. The molecule has 126 valence electrons. The Hall–Kier alpha value is -1.47. The molecular formula is C14H30N2O5. The van der Waals surface area contributed by atoms with Crippen LogP contribution in [0.1, 0.15) is 27.7 Å². The zero-order valence-electron chi connectivity index (χ0n) is 13.9. The SMILES string of the molecule is CC(C)CN(C)CC(=O)O.CNCC(C)C.O=CC(=O)O. The van der Waals surface area contributed by atoms with Gasteiger partial charge in [-0.3, -0.25) is 14.5 Å². The Morgan fingerprint density at radius 1 is 1.14 bits per heavy atom. The topological polar surface area (TPSA) is 107 Å². The van der Waals surface area contributed by atoms with Crippen LogP contribution in [0.4, 0.5) is 0 Å². The van der Waals surface area contributed by atoms with Gasteiger partial charge < -0.3 is 15.5 Å². The molecule has 0 unspecified atom stereocenters. The Morgan fingerprint density at radius 3 is 1.71 bits per heavy atom. The smallest absolute Gasteiger partial charge is 0.368 e. The van der Waals surface area contributed by atoms with E-state index in [0.29, 0.717) is 5.92 Å². The van der Waals surface area contributed by atoms with Crippen LogP contribution in [0, 0.1) is 11.8 Å². The van der Waals surface area contributed by atoms with Crippen LogP contribution in [-0.4, -0.2) is 67.1 Å². The molecule has 21 heavy (non-hydrogen) atoms. The molecule has 0 rings (SSSR count). The Kier molecular flexibility index (Phi) is 19.4. The molecular weight excluding hydrogens is 276 g/mol. The number of carbonyl (C=O) groups is 3. The van der Waals surface area contributed by atoms with Crippen LogP contribution < -0.4 is 5.32 Å². The van der Waals surface area contributed by atoms with E-state index in [-0.39, 0.29) is 12.8 Å². The molecule has 0 aromatic rings. The summed E-state index contributed by atoms with van der Waals surface area (Å²) in [5, 5.41) is 18.8. The van der Waals surface area contributed by atoms with Crippen LogP contribution in [0.2, 0.25) is 0 Å². The van der Waals surface area contributed by atoms with Gasteiger partial charge >= 0.3 is 11.9 Å². The maximum absolute atomic E-state index is 10.1. The van der Waals surface area contributed by atoms with Crippen molar-refractivity contribution in [1.82, 2.24) is 10.2 Å². The second-order valence-corrected chi connectivity index (χ2v) is 5.39. The lowest BCUT2D eigenvalue weighted by Crippen LogP contribution is -2.28. The lowest BCUT2D eigenvalue weighted by atomic mass is 10.2. The molecule has 0 radical (unpaired) electrons. The van der Waals surface area contributed by atoms with Crippen molar-refractivity contribution in [3.63, 3.8) is 0 Å². The molecule has 0 aliphatic heterocycles. The van der Waals surface area contributed by atoms with Crippen molar-refractivity contribution in [2.24, 2.45) is 11.8 Å². The largest absolute Gasteiger partial charge is 0.480 e. The van der Waals surface area contributed by atoms with E-state index in [4.69, 9.17) is 19.8 Å². The van der Waals surface area contributed by atoms with Crippen LogP contribution in [0.5, 0.6) is 0 Å². The van der Waals surface area contributed by atoms with Gasteiger partial charge in [0.25, 0.3) is 0 Å². The fraction of sp³-hybridized carbons (Fsp3) is 0.786. The molecule has 0 heterocycles. The molecule has 0 bridgehead atoms. The highest BCUT2D eigenvalue weighted by Gasteiger charge is 2.04. The number of carbonyl (C=O) groups excluding carboxylic acids is 1. The van der Waals surface area contributed by atoms with Crippen LogP contribution in [0.25, 0.3) is 0 Å². The molecule has 0 aliphatic rings. The van der Waals surface area contributed by atoms with Crippen molar-refractivity contribution >= 4 is 18.2 Å². The van der Waals surface area contributed by atoms with Gasteiger partial charge in [0.15, 0.2) is 0 Å². The summed E-state index contributed by atoms with van der Waals surface area (Å²) in [7, 11) is 3.79. The summed E-state index contributed by atoms with van der Waals surface area (Å²) in [6.07, 6.45) is -0.167. The fourth-order valence-electron chi connectivity index (χ4n) is 1.33. The van der Waals surface area contributed by atoms with Gasteiger partial charge in [-0.1, -0.05) is 27.7 Å². The fourth-order valence-corrected chi connectivity index (χ4v) is 1.33. The van der Waals surface area contributed by atoms with E-state index in [9.17, 15) is 4.79 Å². The first-order chi connectivity index (χ1) is 9.56. The second-order valence-electron chi connectivity index (χ2n) is 5.39.